The Kier molecular flexibility index (Phi) is 4.70. The summed E-state index contributed by atoms with van der Waals surface area (Å²) in [7, 11) is 0. The van der Waals surface area contributed by atoms with Crippen LogP contribution in [0, 0.1) is 0 Å². The zero-order chi connectivity index (χ0) is 12.0. The molecule has 0 bridgehead atoms. The van der Waals surface area contributed by atoms with E-state index in [0.717, 1.165) is 5.56 Å². The highest BCUT2D eigenvalue weighted by molar-refractivity contribution is 5.95. The van der Waals surface area contributed by atoms with Gasteiger partial charge in [0.2, 0.25) is 5.83 Å². The minimum atomic E-state index is -0.886. The molecule has 0 N–H and O–H groups in total. The van der Waals surface area contributed by atoms with E-state index >= 15 is 0 Å². The maximum atomic E-state index is 13.7. The van der Waals surface area contributed by atoms with Crippen LogP contribution in [0.1, 0.15) is 25.8 Å². The summed E-state index contributed by atoms with van der Waals surface area (Å²) >= 11 is 0. The first-order valence-corrected chi connectivity index (χ1v) is 5.31. The van der Waals surface area contributed by atoms with Crippen LogP contribution in [0.15, 0.2) is 36.2 Å². The van der Waals surface area contributed by atoms with Crippen molar-refractivity contribution in [1.82, 2.24) is 0 Å². The lowest BCUT2D eigenvalue weighted by atomic mass is 10.0. The minimum Gasteiger partial charge on any atom is -0.461 e. The number of benzene rings is 1. The maximum Gasteiger partial charge on any atom is 0.367 e. The van der Waals surface area contributed by atoms with Gasteiger partial charge in [-0.05, 0) is 18.9 Å². The van der Waals surface area contributed by atoms with Gasteiger partial charge in [0.1, 0.15) is 0 Å². The van der Waals surface area contributed by atoms with Gasteiger partial charge in [0.15, 0.2) is 0 Å². The molecule has 0 aliphatic carbocycles. The van der Waals surface area contributed by atoms with Crippen molar-refractivity contribution in [2.75, 3.05) is 6.61 Å². The van der Waals surface area contributed by atoms with Gasteiger partial charge >= 0.3 is 5.97 Å². The number of hydrogen-bond donors (Lipinski definition) is 0. The Labute approximate surface area is 94.7 Å². The average Bonchev–Trinajstić information content (AvgIpc) is 2.31. The fourth-order valence-corrected chi connectivity index (χ4v) is 1.44. The third-order valence-corrected chi connectivity index (χ3v) is 2.20. The molecule has 1 aromatic rings. The summed E-state index contributed by atoms with van der Waals surface area (Å²) in [6.45, 7) is 3.64. The van der Waals surface area contributed by atoms with E-state index in [1.54, 1.807) is 26.0 Å². The molecule has 0 saturated heterocycles. The van der Waals surface area contributed by atoms with Crippen LogP contribution in [-0.4, -0.2) is 12.6 Å². The highest BCUT2D eigenvalue weighted by Crippen LogP contribution is 2.23. The smallest absolute Gasteiger partial charge is 0.367 e. The van der Waals surface area contributed by atoms with Crippen molar-refractivity contribution in [3.8, 4) is 0 Å². The lowest BCUT2D eigenvalue weighted by molar-refractivity contribution is -0.140. The molecule has 0 radical (unpaired) electrons. The Morgan fingerprint density at radius 3 is 2.38 bits per heavy atom. The second-order valence-electron chi connectivity index (χ2n) is 3.23. The van der Waals surface area contributed by atoms with Gasteiger partial charge in [0, 0.05) is 5.57 Å². The summed E-state index contributed by atoms with van der Waals surface area (Å²) in [4.78, 5) is 11.3. The molecule has 0 aliphatic heterocycles. The number of allylic oxidation sites excluding steroid dienone is 1. The van der Waals surface area contributed by atoms with Crippen molar-refractivity contribution in [3.63, 3.8) is 0 Å². The Hall–Kier alpha value is -1.64. The zero-order valence-corrected chi connectivity index (χ0v) is 9.50. The summed E-state index contributed by atoms with van der Waals surface area (Å²) < 4.78 is 18.4. The predicted octanol–water partition coefficient (Wildman–Crippen LogP) is 3.34. The predicted molar refractivity (Wildman–Crippen MR) is 61.4 cm³/mol. The van der Waals surface area contributed by atoms with Crippen molar-refractivity contribution < 1.29 is 13.9 Å². The highest BCUT2D eigenvalue weighted by Gasteiger charge is 2.16. The topological polar surface area (TPSA) is 26.3 Å². The van der Waals surface area contributed by atoms with Gasteiger partial charge in [0.05, 0.1) is 6.61 Å². The van der Waals surface area contributed by atoms with Crippen LogP contribution in [0.2, 0.25) is 0 Å². The molecule has 16 heavy (non-hydrogen) atoms. The first-order chi connectivity index (χ1) is 7.70. The second-order valence-corrected chi connectivity index (χ2v) is 3.23. The minimum absolute atomic E-state index is 0.179. The van der Waals surface area contributed by atoms with Gasteiger partial charge in [-0.2, -0.15) is 4.39 Å². The van der Waals surface area contributed by atoms with E-state index < -0.39 is 11.8 Å². The molecule has 0 unspecified atom stereocenters. The Morgan fingerprint density at radius 2 is 1.88 bits per heavy atom. The van der Waals surface area contributed by atoms with E-state index in [4.69, 9.17) is 0 Å². The first-order valence-electron chi connectivity index (χ1n) is 5.31. The Morgan fingerprint density at radius 1 is 1.25 bits per heavy atom. The standard InChI is InChI=1S/C13H15FO2/c1-3-11(10-8-6-5-7-9-10)12(14)13(15)16-4-2/h5-9H,3-4H2,1-2H3/b12-11-. The number of ether oxygens (including phenoxy) is 1. The molecule has 0 aromatic heterocycles. The van der Waals surface area contributed by atoms with E-state index in [2.05, 4.69) is 4.74 Å². The molecule has 0 spiro atoms. The number of rotatable bonds is 4. The molecule has 86 valence electrons. The summed E-state index contributed by atoms with van der Waals surface area (Å²) in [5.74, 6) is -1.68. The third-order valence-electron chi connectivity index (χ3n) is 2.20. The summed E-state index contributed by atoms with van der Waals surface area (Å²) in [5.41, 5.74) is 1.11. The molecule has 0 fully saturated rings. The molecule has 1 aromatic carbocycles. The third kappa shape index (κ3) is 2.92. The molecule has 0 aliphatic rings. The summed E-state index contributed by atoms with van der Waals surface area (Å²) in [5, 5.41) is 0. The van der Waals surface area contributed by atoms with Crippen molar-refractivity contribution >= 4 is 11.5 Å². The van der Waals surface area contributed by atoms with Gasteiger partial charge in [-0.1, -0.05) is 37.3 Å². The van der Waals surface area contributed by atoms with Crippen molar-refractivity contribution in [2.45, 2.75) is 20.3 Å². The van der Waals surface area contributed by atoms with Crippen LogP contribution in [0.4, 0.5) is 4.39 Å². The lowest BCUT2D eigenvalue weighted by Gasteiger charge is -2.07. The summed E-state index contributed by atoms with van der Waals surface area (Å²) in [6.07, 6.45) is 0.453. The van der Waals surface area contributed by atoms with E-state index in [-0.39, 0.29) is 6.61 Å². The summed E-state index contributed by atoms with van der Waals surface area (Å²) in [6, 6.07) is 9.02. The van der Waals surface area contributed by atoms with Crippen LogP contribution >= 0.6 is 0 Å². The van der Waals surface area contributed by atoms with Crippen LogP contribution in [0.5, 0.6) is 0 Å². The van der Waals surface area contributed by atoms with Crippen molar-refractivity contribution in [2.24, 2.45) is 0 Å². The lowest BCUT2D eigenvalue weighted by Crippen LogP contribution is -2.06. The number of carbonyl (C=O) groups excluding carboxylic acids is 1. The second kappa shape index (κ2) is 6.05. The average molecular weight is 222 g/mol. The van der Waals surface area contributed by atoms with Gasteiger partial charge in [-0.15, -0.1) is 0 Å². The molecule has 0 saturated carbocycles. The first kappa shape index (κ1) is 12.4. The molecule has 3 heteroatoms. The Bertz CT molecular complexity index is 382. The quantitative estimate of drug-likeness (QED) is 0.577. The van der Waals surface area contributed by atoms with E-state index in [0.29, 0.717) is 12.0 Å². The fraction of sp³-hybridized carbons (Fsp3) is 0.308. The monoisotopic (exact) mass is 222 g/mol. The zero-order valence-electron chi connectivity index (χ0n) is 9.50. The number of halogens is 1. The van der Waals surface area contributed by atoms with E-state index in [1.807, 2.05) is 18.2 Å². The molecule has 0 atom stereocenters. The van der Waals surface area contributed by atoms with E-state index in [1.165, 1.54) is 0 Å². The van der Waals surface area contributed by atoms with Gasteiger partial charge in [-0.3, -0.25) is 0 Å². The number of esters is 1. The largest absolute Gasteiger partial charge is 0.461 e. The van der Waals surface area contributed by atoms with Crippen LogP contribution in [-0.2, 0) is 9.53 Å². The van der Waals surface area contributed by atoms with Gasteiger partial charge in [-0.25, -0.2) is 4.79 Å². The molecule has 2 nitrogen and oxygen atoms in total. The van der Waals surface area contributed by atoms with Crippen molar-refractivity contribution in [1.29, 1.82) is 0 Å². The van der Waals surface area contributed by atoms with Gasteiger partial charge in [0.25, 0.3) is 0 Å². The van der Waals surface area contributed by atoms with Gasteiger partial charge < -0.3 is 4.74 Å². The molecular weight excluding hydrogens is 207 g/mol. The molecular formula is C13H15FO2. The molecule has 0 amide bonds. The molecule has 0 heterocycles. The fourth-order valence-electron chi connectivity index (χ4n) is 1.44. The number of hydrogen-bond acceptors (Lipinski definition) is 2. The highest BCUT2D eigenvalue weighted by atomic mass is 19.1. The van der Waals surface area contributed by atoms with Crippen LogP contribution < -0.4 is 0 Å². The van der Waals surface area contributed by atoms with E-state index in [9.17, 15) is 9.18 Å². The van der Waals surface area contributed by atoms with Crippen LogP contribution in [0.3, 0.4) is 0 Å². The normalized spacial score (nSPS) is 11.9. The Balaban J connectivity index is 3.05. The maximum absolute atomic E-state index is 13.7. The van der Waals surface area contributed by atoms with Crippen molar-refractivity contribution in [3.05, 3.63) is 41.7 Å². The SMILES string of the molecule is CCOC(=O)/C(F)=C(\CC)c1ccccc1. The van der Waals surface area contributed by atoms with Crippen LogP contribution in [0.25, 0.3) is 5.57 Å². The number of carbonyl (C=O) groups is 1. The molecule has 1 rings (SSSR count).